The summed E-state index contributed by atoms with van der Waals surface area (Å²) in [4.78, 5) is 29.6. The fraction of sp³-hybridized carbons (Fsp3) is 0.138. The second-order valence-corrected chi connectivity index (χ2v) is 8.95. The van der Waals surface area contributed by atoms with Crippen molar-refractivity contribution in [1.29, 1.82) is 0 Å². The number of phenols is 1. The number of halogens is 1. The highest BCUT2D eigenvalue weighted by atomic mass is 35.5. The zero-order chi connectivity index (χ0) is 26.4. The molecule has 3 aromatic carbocycles. The van der Waals surface area contributed by atoms with Crippen LogP contribution in [0.2, 0.25) is 5.02 Å². The van der Waals surface area contributed by atoms with Gasteiger partial charge in [-0.1, -0.05) is 54.1 Å². The van der Waals surface area contributed by atoms with Crippen LogP contribution in [0.3, 0.4) is 0 Å². The normalized spacial score (nSPS) is 12.1. The molecule has 0 fully saturated rings. The summed E-state index contributed by atoms with van der Waals surface area (Å²) < 4.78 is 5.25. The smallest absolute Gasteiger partial charge is 0.336 e. The van der Waals surface area contributed by atoms with E-state index in [9.17, 15) is 19.8 Å². The van der Waals surface area contributed by atoms with Crippen LogP contribution in [0.5, 0.6) is 5.75 Å². The molecule has 1 heterocycles. The number of carbonyl (C=O) groups is 2. The lowest BCUT2D eigenvalue weighted by Crippen LogP contribution is -2.40. The van der Waals surface area contributed by atoms with Crippen LogP contribution in [0, 0.1) is 0 Å². The minimum absolute atomic E-state index is 0.00108. The molecule has 0 bridgehead atoms. The molecule has 0 saturated carbocycles. The molecule has 0 aliphatic carbocycles. The van der Waals surface area contributed by atoms with Gasteiger partial charge in [0.25, 0.3) is 5.91 Å². The number of fused-ring (bicyclic) bond motifs is 1. The first-order valence-corrected chi connectivity index (χ1v) is 11.9. The predicted molar refractivity (Wildman–Crippen MR) is 144 cm³/mol. The predicted octanol–water partition coefficient (Wildman–Crippen LogP) is 5.45. The van der Waals surface area contributed by atoms with Crippen LogP contribution in [0.25, 0.3) is 23.1 Å². The van der Waals surface area contributed by atoms with Crippen LogP contribution in [0.1, 0.15) is 37.5 Å². The first-order chi connectivity index (χ1) is 17.8. The van der Waals surface area contributed by atoms with E-state index in [1.54, 1.807) is 48.5 Å². The van der Waals surface area contributed by atoms with Crippen molar-refractivity contribution in [2.75, 3.05) is 13.7 Å². The van der Waals surface area contributed by atoms with E-state index in [-0.39, 0.29) is 29.7 Å². The molecule has 7 nitrogen and oxygen atoms in total. The van der Waals surface area contributed by atoms with Crippen molar-refractivity contribution in [3.05, 3.63) is 106 Å². The van der Waals surface area contributed by atoms with Crippen molar-refractivity contribution in [2.45, 2.75) is 12.5 Å². The van der Waals surface area contributed by atoms with Gasteiger partial charge in [0, 0.05) is 17.5 Å². The Balaban J connectivity index is 1.59. The van der Waals surface area contributed by atoms with Crippen LogP contribution < -0.4 is 5.32 Å². The molecule has 4 aromatic rings. The van der Waals surface area contributed by atoms with E-state index < -0.39 is 11.9 Å². The number of aromatic carboxylic acids is 1. The molecule has 0 aliphatic rings. The van der Waals surface area contributed by atoms with Gasteiger partial charge in [-0.2, -0.15) is 0 Å². The standard InChI is InChI=1S/C29H25ClN2O5/c1-37-17-22(14-19-6-11-23(33)12-7-19)31-28(34)27-16-25(29(35)36)24-15-20(8-13-26(24)32-27)3-2-18-4-9-21(30)10-5-18/h2-13,15-16,22,33H,14,17H2,1H3,(H,31,34)(H,35,36)/t22-/m0/s1. The Morgan fingerprint density at radius 2 is 1.68 bits per heavy atom. The van der Waals surface area contributed by atoms with E-state index in [1.165, 1.54) is 13.2 Å². The molecular weight excluding hydrogens is 492 g/mol. The van der Waals surface area contributed by atoms with Gasteiger partial charge in [-0.15, -0.1) is 0 Å². The molecule has 1 amide bonds. The van der Waals surface area contributed by atoms with Crippen molar-refractivity contribution < 1.29 is 24.5 Å². The third-order valence-electron chi connectivity index (χ3n) is 5.76. The number of carboxylic acid groups (broad SMARTS) is 1. The molecule has 188 valence electrons. The van der Waals surface area contributed by atoms with Crippen LogP contribution in [-0.4, -0.2) is 46.8 Å². The summed E-state index contributed by atoms with van der Waals surface area (Å²) in [6.45, 7) is 0.245. The molecule has 0 unspecified atom stereocenters. The molecule has 0 aliphatic heterocycles. The number of carbonyl (C=O) groups excluding carboxylic acids is 1. The quantitative estimate of drug-likeness (QED) is 0.255. The number of phenolic OH excluding ortho intramolecular Hbond substituents is 1. The second-order valence-electron chi connectivity index (χ2n) is 8.52. The van der Waals surface area contributed by atoms with E-state index >= 15 is 0 Å². The summed E-state index contributed by atoms with van der Waals surface area (Å²) in [6.07, 6.45) is 4.23. The summed E-state index contributed by atoms with van der Waals surface area (Å²) in [5, 5.41) is 23.3. The highest BCUT2D eigenvalue weighted by Crippen LogP contribution is 2.22. The molecule has 0 spiro atoms. The van der Waals surface area contributed by atoms with E-state index in [4.69, 9.17) is 16.3 Å². The Bertz CT molecular complexity index is 1450. The minimum Gasteiger partial charge on any atom is -0.508 e. The van der Waals surface area contributed by atoms with E-state index in [1.807, 2.05) is 30.4 Å². The maximum absolute atomic E-state index is 13.1. The maximum Gasteiger partial charge on any atom is 0.336 e. The van der Waals surface area contributed by atoms with Gasteiger partial charge in [0.2, 0.25) is 0 Å². The van der Waals surface area contributed by atoms with Gasteiger partial charge in [-0.3, -0.25) is 4.79 Å². The Hall–Kier alpha value is -4.20. The van der Waals surface area contributed by atoms with Crippen LogP contribution in [-0.2, 0) is 11.2 Å². The average Bonchev–Trinajstić information content (AvgIpc) is 2.89. The molecule has 8 heteroatoms. The SMILES string of the molecule is COC[C@H](Cc1ccc(O)cc1)NC(=O)c1cc(C(=O)O)c2cc(C=Cc3ccc(Cl)cc3)ccc2n1. The molecule has 3 N–H and O–H groups in total. The van der Waals surface area contributed by atoms with Gasteiger partial charge in [0.15, 0.2) is 0 Å². The highest BCUT2D eigenvalue weighted by Gasteiger charge is 2.19. The summed E-state index contributed by atoms with van der Waals surface area (Å²) in [7, 11) is 1.53. The third kappa shape index (κ3) is 6.73. The Kier molecular flexibility index (Phi) is 8.18. The van der Waals surface area contributed by atoms with Gasteiger partial charge in [0.1, 0.15) is 11.4 Å². The molecule has 4 rings (SSSR count). The largest absolute Gasteiger partial charge is 0.508 e. The number of carboxylic acids is 1. The van der Waals surface area contributed by atoms with Crippen molar-refractivity contribution in [3.63, 3.8) is 0 Å². The summed E-state index contributed by atoms with van der Waals surface area (Å²) in [5.41, 5.74) is 3.02. The highest BCUT2D eigenvalue weighted by molar-refractivity contribution is 6.30. The average molecular weight is 517 g/mol. The van der Waals surface area contributed by atoms with Crippen molar-refractivity contribution >= 4 is 46.5 Å². The number of rotatable bonds is 9. The van der Waals surface area contributed by atoms with E-state index in [0.29, 0.717) is 22.3 Å². The second kappa shape index (κ2) is 11.7. The number of benzene rings is 3. The van der Waals surface area contributed by atoms with E-state index in [2.05, 4.69) is 10.3 Å². The zero-order valence-electron chi connectivity index (χ0n) is 20.0. The first kappa shape index (κ1) is 25.9. The number of nitrogens with zero attached hydrogens (tertiary/aromatic N) is 1. The molecular formula is C29H25ClN2O5. The lowest BCUT2D eigenvalue weighted by Gasteiger charge is -2.18. The van der Waals surface area contributed by atoms with Gasteiger partial charge >= 0.3 is 5.97 Å². The molecule has 0 saturated heterocycles. The number of ether oxygens (including phenoxy) is 1. The number of methoxy groups -OCH3 is 1. The van der Waals surface area contributed by atoms with Gasteiger partial charge in [-0.05, 0) is 65.6 Å². The number of hydrogen-bond acceptors (Lipinski definition) is 5. The van der Waals surface area contributed by atoms with Gasteiger partial charge < -0.3 is 20.3 Å². The number of amides is 1. The van der Waals surface area contributed by atoms with Crippen LogP contribution >= 0.6 is 11.6 Å². The Morgan fingerprint density at radius 3 is 2.35 bits per heavy atom. The number of pyridine rings is 1. The van der Waals surface area contributed by atoms with E-state index in [0.717, 1.165) is 16.7 Å². The molecule has 37 heavy (non-hydrogen) atoms. The van der Waals surface area contributed by atoms with Crippen molar-refractivity contribution in [3.8, 4) is 5.75 Å². The first-order valence-electron chi connectivity index (χ1n) is 11.5. The zero-order valence-corrected chi connectivity index (χ0v) is 20.8. The summed E-state index contributed by atoms with van der Waals surface area (Å²) in [5.74, 6) is -1.50. The Morgan fingerprint density at radius 1 is 1.00 bits per heavy atom. The van der Waals surface area contributed by atoms with Crippen molar-refractivity contribution in [2.24, 2.45) is 0 Å². The maximum atomic E-state index is 13.1. The molecule has 1 atom stereocenters. The number of nitrogens with one attached hydrogen (secondary N) is 1. The Labute approximate surface area is 219 Å². The number of aromatic hydroxyl groups is 1. The topological polar surface area (TPSA) is 109 Å². The summed E-state index contributed by atoms with van der Waals surface area (Å²) in [6, 6.07) is 20.2. The third-order valence-corrected chi connectivity index (χ3v) is 6.01. The fourth-order valence-corrected chi connectivity index (χ4v) is 4.06. The molecule has 1 aromatic heterocycles. The number of aromatic nitrogens is 1. The lowest BCUT2D eigenvalue weighted by atomic mass is 10.0. The summed E-state index contributed by atoms with van der Waals surface area (Å²) >= 11 is 5.93. The molecule has 0 radical (unpaired) electrons. The van der Waals surface area contributed by atoms with Gasteiger partial charge in [0.05, 0.1) is 23.7 Å². The van der Waals surface area contributed by atoms with Crippen molar-refractivity contribution in [1.82, 2.24) is 10.3 Å². The monoisotopic (exact) mass is 516 g/mol. The minimum atomic E-state index is -1.15. The van der Waals surface area contributed by atoms with Crippen LogP contribution in [0.4, 0.5) is 0 Å². The fourth-order valence-electron chi connectivity index (χ4n) is 3.94. The van der Waals surface area contributed by atoms with Gasteiger partial charge in [-0.25, -0.2) is 9.78 Å². The lowest BCUT2D eigenvalue weighted by molar-refractivity contribution is 0.0699. The number of hydrogen-bond donors (Lipinski definition) is 3. The van der Waals surface area contributed by atoms with Crippen LogP contribution in [0.15, 0.2) is 72.8 Å².